The highest BCUT2D eigenvalue weighted by Crippen LogP contribution is 2.20. The number of likely N-dealkylation sites (tertiary alicyclic amines) is 1. The Kier molecular flexibility index (Phi) is 3.99. The van der Waals surface area contributed by atoms with Crippen LogP contribution in [0.25, 0.3) is 0 Å². The van der Waals surface area contributed by atoms with Gasteiger partial charge in [0, 0.05) is 18.7 Å². The standard InChI is InChI=1S/C15H18N2O/c1-2-12-4-3-9-17(11-12)15(18)14-7-5-13(10-16)6-8-14/h5-8,12H,2-4,9,11H2,1H3. The van der Waals surface area contributed by atoms with Crippen molar-refractivity contribution in [3.63, 3.8) is 0 Å². The maximum Gasteiger partial charge on any atom is 0.253 e. The van der Waals surface area contributed by atoms with E-state index in [0.717, 1.165) is 25.9 Å². The second kappa shape index (κ2) is 5.68. The van der Waals surface area contributed by atoms with Crippen LogP contribution in [0.5, 0.6) is 0 Å². The maximum atomic E-state index is 12.3. The minimum absolute atomic E-state index is 0.0950. The molecule has 1 atom stereocenters. The van der Waals surface area contributed by atoms with Crippen molar-refractivity contribution >= 4 is 5.91 Å². The molecule has 0 bridgehead atoms. The third kappa shape index (κ3) is 2.70. The summed E-state index contributed by atoms with van der Waals surface area (Å²) < 4.78 is 0. The largest absolute Gasteiger partial charge is 0.338 e. The zero-order valence-electron chi connectivity index (χ0n) is 10.7. The SMILES string of the molecule is CCC1CCCN(C(=O)c2ccc(C#N)cc2)C1. The molecule has 3 heteroatoms. The number of amides is 1. The molecule has 3 nitrogen and oxygen atoms in total. The molecule has 18 heavy (non-hydrogen) atoms. The Hall–Kier alpha value is -1.82. The van der Waals surface area contributed by atoms with Gasteiger partial charge in [-0.15, -0.1) is 0 Å². The summed E-state index contributed by atoms with van der Waals surface area (Å²) in [6.07, 6.45) is 3.46. The van der Waals surface area contributed by atoms with Crippen LogP contribution in [-0.2, 0) is 0 Å². The number of benzene rings is 1. The molecule has 1 heterocycles. The van der Waals surface area contributed by atoms with Crippen LogP contribution in [0.1, 0.15) is 42.1 Å². The van der Waals surface area contributed by atoms with Crippen molar-refractivity contribution < 1.29 is 4.79 Å². The monoisotopic (exact) mass is 242 g/mol. The molecule has 1 saturated heterocycles. The van der Waals surface area contributed by atoms with Crippen molar-refractivity contribution in [2.45, 2.75) is 26.2 Å². The predicted molar refractivity (Wildman–Crippen MR) is 70.1 cm³/mol. The topological polar surface area (TPSA) is 44.1 Å². The fourth-order valence-electron chi connectivity index (χ4n) is 2.45. The summed E-state index contributed by atoms with van der Waals surface area (Å²) in [6.45, 7) is 3.91. The molecule has 94 valence electrons. The van der Waals surface area contributed by atoms with Crippen LogP contribution < -0.4 is 0 Å². The van der Waals surface area contributed by atoms with E-state index in [1.54, 1.807) is 24.3 Å². The number of carbonyl (C=O) groups excluding carboxylic acids is 1. The van der Waals surface area contributed by atoms with E-state index in [9.17, 15) is 4.79 Å². The molecule has 1 unspecified atom stereocenters. The molecule has 0 saturated carbocycles. The first-order valence-corrected chi connectivity index (χ1v) is 6.54. The van der Waals surface area contributed by atoms with Gasteiger partial charge in [-0.1, -0.05) is 13.3 Å². The van der Waals surface area contributed by atoms with Crippen LogP contribution in [0.4, 0.5) is 0 Å². The van der Waals surface area contributed by atoms with Crippen LogP contribution in [0.3, 0.4) is 0 Å². The first kappa shape index (κ1) is 12.6. The van der Waals surface area contributed by atoms with Gasteiger partial charge >= 0.3 is 0 Å². The Morgan fingerprint density at radius 2 is 2.17 bits per heavy atom. The second-order valence-electron chi connectivity index (χ2n) is 4.86. The lowest BCUT2D eigenvalue weighted by Gasteiger charge is -2.32. The molecular formula is C15H18N2O. The van der Waals surface area contributed by atoms with Crippen molar-refractivity contribution in [3.05, 3.63) is 35.4 Å². The molecule has 0 radical (unpaired) electrons. The number of piperidine rings is 1. The zero-order chi connectivity index (χ0) is 13.0. The van der Waals surface area contributed by atoms with Gasteiger partial charge in [-0.2, -0.15) is 5.26 Å². The van der Waals surface area contributed by atoms with Crippen molar-refractivity contribution in [2.75, 3.05) is 13.1 Å². The van der Waals surface area contributed by atoms with E-state index in [4.69, 9.17) is 5.26 Å². The van der Waals surface area contributed by atoms with Gasteiger partial charge in [0.15, 0.2) is 0 Å². The Bertz CT molecular complexity index is 458. The van der Waals surface area contributed by atoms with E-state index < -0.39 is 0 Å². The molecule has 1 aliphatic rings. The summed E-state index contributed by atoms with van der Waals surface area (Å²) in [4.78, 5) is 14.2. The van der Waals surface area contributed by atoms with E-state index in [-0.39, 0.29) is 5.91 Å². The molecule has 1 amide bonds. The van der Waals surface area contributed by atoms with Gasteiger partial charge < -0.3 is 4.90 Å². The highest BCUT2D eigenvalue weighted by molar-refractivity contribution is 5.94. The molecule has 1 aromatic carbocycles. The molecule has 0 spiro atoms. The molecule has 0 aliphatic carbocycles. The summed E-state index contributed by atoms with van der Waals surface area (Å²) in [7, 11) is 0. The average Bonchev–Trinajstić information content (AvgIpc) is 2.46. The number of nitriles is 1. The zero-order valence-corrected chi connectivity index (χ0v) is 10.7. The third-order valence-corrected chi connectivity index (χ3v) is 3.64. The van der Waals surface area contributed by atoms with E-state index in [1.165, 1.54) is 6.42 Å². The first-order valence-electron chi connectivity index (χ1n) is 6.54. The van der Waals surface area contributed by atoms with Crippen molar-refractivity contribution in [1.29, 1.82) is 5.26 Å². The van der Waals surface area contributed by atoms with Gasteiger partial charge in [0.05, 0.1) is 11.6 Å². The third-order valence-electron chi connectivity index (χ3n) is 3.64. The number of nitrogens with zero attached hydrogens (tertiary/aromatic N) is 2. The van der Waals surface area contributed by atoms with Gasteiger partial charge in [-0.05, 0) is 43.0 Å². The molecule has 2 rings (SSSR count). The molecule has 1 aromatic rings. The predicted octanol–water partition coefficient (Wildman–Crippen LogP) is 2.82. The maximum absolute atomic E-state index is 12.3. The first-order chi connectivity index (χ1) is 8.74. The number of hydrogen-bond acceptors (Lipinski definition) is 2. The summed E-state index contributed by atoms with van der Waals surface area (Å²) in [6, 6.07) is 8.96. The summed E-state index contributed by atoms with van der Waals surface area (Å²) in [5.74, 6) is 0.735. The smallest absolute Gasteiger partial charge is 0.253 e. The Morgan fingerprint density at radius 1 is 1.44 bits per heavy atom. The lowest BCUT2D eigenvalue weighted by Crippen LogP contribution is -2.39. The normalized spacial score (nSPS) is 19.3. The number of rotatable bonds is 2. The molecule has 0 aromatic heterocycles. The summed E-state index contributed by atoms with van der Waals surface area (Å²) in [5.41, 5.74) is 1.28. The minimum atomic E-state index is 0.0950. The molecule has 1 aliphatic heterocycles. The van der Waals surface area contributed by atoms with E-state index in [0.29, 0.717) is 17.0 Å². The van der Waals surface area contributed by atoms with Gasteiger partial charge in [-0.25, -0.2) is 0 Å². The van der Waals surface area contributed by atoms with Crippen LogP contribution in [0, 0.1) is 17.2 Å². The molecular weight excluding hydrogens is 224 g/mol. The van der Waals surface area contributed by atoms with Crippen LogP contribution >= 0.6 is 0 Å². The van der Waals surface area contributed by atoms with Crippen LogP contribution in [-0.4, -0.2) is 23.9 Å². The Labute approximate surface area is 108 Å². The summed E-state index contributed by atoms with van der Waals surface area (Å²) in [5, 5.41) is 8.74. The van der Waals surface area contributed by atoms with Crippen molar-refractivity contribution in [3.8, 4) is 6.07 Å². The molecule has 0 N–H and O–H groups in total. The number of carbonyl (C=O) groups is 1. The fourth-order valence-corrected chi connectivity index (χ4v) is 2.45. The Balaban J connectivity index is 2.08. The lowest BCUT2D eigenvalue weighted by atomic mass is 9.95. The van der Waals surface area contributed by atoms with E-state index >= 15 is 0 Å². The van der Waals surface area contributed by atoms with E-state index in [1.807, 2.05) is 4.90 Å². The highest BCUT2D eigenvalue weighted by Gasteiger charge is 2.23. The van der Waals surface area contributed by atoms with Crippen LogP contribution in [0.15, 0.2) is 24.3 Å². The van der Waals surface area contributed by atoms with Crippen molar-refractivity contribution in [2.24, 2.45) is 5.92 Å². The average molecular weight is 242 g/mol. The Morgan fingerprint density at radius 3 is 2.78 bits per heavy atom. The van der Waals surface area contributed by atoms with Gasteiger partial charge in [0.2, 0.25) is 0 Å². The summed E-state index contributed by atoms with van der Waals surface area (Å²) >= 11 is 0. The molecule has 1 fully saturated rings. The number of hydrogen-bond donors (Lipinski definition) is 0. The minimum Gasteiger partial charge on any atom is -0.338 e. The fraction of sp³-hybridized carbons (Fsp3) is 0.467. The quantitative estimate of drug-likeness (QED) is 0.800. The van der Waals surface area contributed by atoms with E-state index in [2.05, 4.69) is 13.0 Å². The highest BCUT2D eigenvalue weighted by atomic mass is 16.2. The second-order valence-corrected chi connectivity index (χ2v) is 4.86. The van der Waals surface area contributed by atoms with Crippen LogP contribution in [0.2, 0.25) is 0 Å². The van der Waals surface area contributed by atoms with Crippen molar-refractivity contribution in [1.82, 2.24) is 4.90 Å². The van der Waals surface area contributed by atoms with Gasteiger partial charge in [0.1, 0.15) is 0 Å². The van der Waals surface area contributed by atoms with Gasteiger partial charge in [-0.3, -0.25) is 4.79 Å². The lowest BCUT2D eigenvalue weighted by molar-refractivity contribution is 0.0671. The van der Waals surface area contributed by atoms with Gasteiger partial charge in [0.25, 0.3) is 5.91 Å².